The number of carbonyl (C=O) groups excluding carboxylic acids is 3. The van der Waals surface area contributed by atoms with E-state index in [-0.39, 0.29) is 11.9 Å². The number of aromatic nitrogens is 2. The van der Waals surface area contributed by atoms with E-state index in [1.165, 1.54) is 4.90 Å². The molecule has 2 aromatic rings. The summed E-state index contributed by atoms with van der Waals surface area (Å²) in [7, 11) is 0. The molecule has 1 aromatic carbocycles. The second-order valence-corrected chi connectivity index (χ2v) is 7.55. The van der Waals surface area contributed by atoms with E-state index in [0.29, 0.717) is 31.7 Å². The van der Waals surface area contributed by atoms with Crippen LogP contribution in [0.15, 0.2) is 30.5 Å². The molecular formula is C21H27N5O3. The molecule has 0 spiro atoms. The van der Waals surface area contributed by atoms with Gasteiger partial charge in [-0.05, 0) is 39.3 Å². The van der Waals surface area contributed by atoms with Crippen molar-refractivity contribution in [2.24, 2.45) is 0 Å². The Hall–Kier alpha value is -3.16. The molecule has 29 heavy (non-hydrogen) atoms. The Bertz CT molecular complexity index is 926. The van der Waals surface area contributed by atoms with Crippen molar-refractivity contribution in [2.75, 3.05) is 26.2 Å². The number of amides is 3. The highest BCUT2D eigenvalue weighted by Crippen LogP contribution is 2.19. The number of para-hydroxylation sites is 1. The van der Waals surface area contributed by atoms with E-state index in [1.807, 2.05) is 38.1 Å². The molecule has 1 fully saturated rings. The van der Waals surface area contributed by atoms with Crippen LogP contribution in [0, 0.1) is 13.8 Å². The maximum absolute atomic E-state index is 13.0. The summed E-state index contributed by atoms with van der Waals surface area (Å²) in [5.41, 5.74) is 3.34. The van der Waals surface area contributed by atoms with Crippen molar-refractivity contribution in [1.29, 1.82) is 0 Å². The minimum absolute atomic E-state index is 0.0953. The van der Waals surface area contributed by atoms with Crippen molar-refractivity contribution in [3.05, 3.63) is 47.3 Å². The summed E-state index contributed by atoms with van der Waals surface area (Å²) < 4.78 is 1.78. The lowest BCUT2D eigenvalue weighted by molar-refractivity contribution is -0.147. The van der Waals surface area contributed by atoms with Crippen LogP contribution in [-0.4, -0.2) is 69.5 Å². The number of aryl methyl sites for hydroxylation is 1. The second kappa shape index (κ2) is 8.46. The van der Waals surface area contributed by atoms with Crippen molar-refractivity contribution < 1.29 is 14.4 Å². The van der Waals surface area contributed by atoms with E-state index in [2.05, 4.69) is 10.4 Å². The average molecular weight is 397 g/mol. The first-order valence-corrected chi connectivity index (χ1v) is 9.79. The van der Waals surface area contributed by atoms with Gasteiger partial charge in [-0.25, -0.2) is 4.68 Å². The molecule has 0 unspecified atom stereocenters. The molecule has 2 heterocycles. The largest absolute Gasteiger partial charge is 0.346 e. The van der Waals surface area contributed by atoms with Gasteiger partial charge in [-0.1, -0.05) is 18.2 Å². The highest BCUT2D eigenvalue weighted by molar-refractivity contribution is 6.35. The molecule has 0 bridgehead atoms. The fraction of sp³-hybridized carbons (Fsp3) is 0.429. The molecule has 154 valence electrons. The number of hydrogen-bond donors (Lipinski definition) is 1. The van der Waals surface area contributed by atoms with E-state index in [1.54, 1.807) is 29.6 Å². The molecule has 8 nitrogen and oxygen atoms in total. The molecule has 0 aliphatic carbocycles. The van der Waals surface area contributed by atoms with Crippen LogP contribution in [0.1, 0.15) is 35.5 Å². The fourth-order valence-corrected chi connectivity index (χ4v) is 3.41. The van der Waals surface area contributed by atoms with E-state index in [0.717, 1.165) is 16.9 Å². The minimum Gasteiger partial charge on any atom is -0.346 e. The number of rotatable bonds is 3. The molecule has 8 heteroatoms. The van der Waals surface area contributed by atoms with Crippen molar-refractivity contribution in [3.8, 4) is 5.69 Å². The zero-order valence-corrected chi connectivity index (χ0v) is 17.3. The van der Waals surface area contributed by atoms with Gasteiger partial charge >= 0.3 is 11.8 Å². The molecule has 1 aliphatic rings. The predicted molar refractivity (Wildman–Crippen MR) is 109 cm³/mol. The third kappa shape index (κ3) is 4.31. The van der Waals surface area contributed by atoms with Gasteiger partial charge in [0.1, 0.15) is 0 Å². The molecule has 1 N–H and O–H groups in total. The van der Waals surface area contributed by atoms with Crippen LogP contribution in [-0.2, 0) is 9.59 Å². The van der Waals surface area contributed by atoms with Gasteiger partial charge in [0, 0.05) is 32.2 Å². The Morgan fingerprint density at radius 1 is 1.00 bits per heavy atom. The van der Waals surface area contributed by atoms with E-state index in [9.17, 15) is 14.4 Å². The Morgan fingerprint density at radius 3 is 2.24 bits per heavy atom. The SMILES string of the molecule is Cc1ccccc1-n1ncc(C(=O)N2CCN(C(=O)C(=O)NC(C)C)CC2)c1C. The number of carbonyl (C=O) groups is 3. The lowest BCUT2D eigenvalue weighted by Crippen LogP contribution is -2.54. The van der Waals surface area contributed by atoms with E-state index in [4.69, 9.17) is 0 Å². The van der Waals surface area contributed by atoms with Gasteiger partial charge in [0.05, 0.1) is 23.1 Å². The Labute approximate surface area is 170 Å². The Kier molecular flexibility index (Phi) is 6.00. The number of piperazine rings is 1. The first-order valence-electron chi connectivity index (χ1n) is 9.79. The highest BCUT2D eigenvalue weighted by atomic mass is 16.2. The Morgan fingerprint density at radius 2 is 1.62 bits per heavy atom. The summed E-state index contributed by atoms with van der Waals surface area (Å²) in [4.78, 5) is 40.3. The summed E-state index contributed by atoms with van der Waals surface area (Å²) in [6.45, 7) is 8.93. The Balaban J connectivity index is 1.67. The van der Waals surface area contributed by atoms with Gasteiger partial charge in [-0.2, -0.15) is 5.10 Å². The summed E-state index contributed by atoms with van der Waals surface area (Å²) in [5, 5.41) is 7.02. The van der Waals surface area contributed by atoms with Crippen LogP contribution >= 0.6 is 0 Å². The normalized spacial score (nSPS) is 14.2. The van der Waals surface area contributed by atoms with Crippen molar-refractivity contribution >= 4 is 17.7 Å². The van der Waals surface area contributed by atoms with Crippen LogP contribution in [0.3, 0.4) is 0 Å². The number of nitrogens with zero attached hydrogens (tertiary/aromatic N) is 4. The molecular weight excluding hydrogens is 370 g/mol. The molecule has 1 saturated heterocycles. The molecule has 3 amide bonds. The van der Waals surface area contributed by atoms with Crippen LogP contribution in [0.2, 0.25) is 0 Å². The first-order chi connectivity index (χ1) is 13.8. The topological polar surface area (TPSA) is 87.5 Å². The van der Waals surface area contributed by atoms with E-state index < -0.39 is 11.8 Å². The van der Waals surface area contributed by atoms with Crippen LogP contribution in [0.25, 0.3) is 5.69 Å². The lowest BCUT2D eigenvalue weighted by atomic mass is 10.1. The third-order valence-corrected chi connectivity index (χ3v) is 5.05. The van der Waals surface area contributed by atoms with Gasteiger partial charge in [0.15, 0.2) is 0 Å². The van der Waals surface area contributed by atoms with Crippen LogP contribution in [0.5, 0.6) is 0 Å². The van der Waals surface area contributed by atoms with Gasteiger partial charge < -0.3 is 15.1 Å². The molecule has 0 radical (unpaired) electrons. The van der Waals surface area contributed by atoms with Crippen LogP contribution in [0.4, 0.5) is 0 Å². The third-order valence-electron chi connectivity index (χ3n) is 5.05. The van der Waals surface area contributed by atoms with Gasteiger partial charge in [0.25, 0.3) is 5.91 Å². The molecule has 0 saturated carbocycles. The van der Waals surface area contributed by atoms with Crippen molar-refractivity contribution in [1.82, 2.24) is 24.9 Å². The maximum atomic E-state index is 13.0. The number of benzene rings is 1. The zero-order valence-electron chi connectivity index (χ0n) is 17.3. The molecule has 1 aliphatic heterocycles. The number of hydrogen-bond acceptors (Lipinski definition) is 4. The van der Waals surface area contributed by atoms with Crippen molar-refractivity contribution in [3.63, 3.8) is 0 Å². The minimum atomic E-state index is -0.602. The zero-order chi connectivity index (χ0) is 21.1. The molecule has 3 rings (SSSR count). The smallest absolute Gasteiger partial charge is 0.312 e. The summed E-state index contributed by atoms with van der Waals surface area (Å²) in [6, 6.07) is 7.78. The first kappa shape index (κ1) is 20.6. The monoisotopic (exact) mass is 397 g/mol. The molecule has 1 aromatic heterocycles. The lowest BCUT2D eigenvalue weighted by Gasteiger charge is -2.34. The van der Waals surface area contributed by atoms with Gasteiger partial charge in [0.2, 0.25) is 0 Å². The van der Waals surface area contributed by atoms with Crippen molar-refractivity contribution in [2.45, 2.75) is 33.7 Å². The average Bonchev–Trinajstić information content (AvgIpc) is 3.08. The van der Waals surface area contributed by atoms with Gasteiger partial charge in [-0.15, -0.1) is 0 Å². The highest BCUT2D eigenvalue weighted by Gasteiger charge is 2.29. The predicted octanol–water partition coefficient (Wildman–Crippen LogP) is 1.30. The fourth-order valence-electron chi connectivity index (χ4n) is 3.41. The van der Waals surface area contributed by atoms with Crippen LogP contribution < -0.4 is 5.32 Å². The quantitative estimate of drug-likeness (QED) is 0.791. The maximum Gasteiger partial charge on any atom is 0.312 e. The summed E-state index contributed by atoms with van der Waals surface area (Å²) in [5.74, 6) is -1.26. The molecule has 0 atom stereocenters. The van der Waals surface area contributed by atoms with E-state index >= 15 is 0 Å². The summed E-state index contributed by atoms with van der Waals surface area (Å²) >= 11 is 0. The standard InChI is InChI=1S/C21H27N5O3/c1-14(2)23-19(27)21(29)25-11-9-24(10-12-25)20(28)17-13-22-26(16(17)4)18-8-6-5-7-15(18)3/h5-8,13-14H,9-12H2,1-4H3,(H,23,27). The number of nitrogens with one attached hydrogen (secondary N) is 1. The second-order valence-electron chi connectivity index (χ2n) is 7.55. The van der Waals surface area contributed by atoms with Gasteiger partial charge in [-0.3, -0.25) is 14.4 Å². The summed E-state index contributed by atoms with van der Waals surface area (Å²) in [6.07, 6.45) is 1.59.